The minimum Gasteiger partial charge on any atom is -0.350 e. The molecule has 1 fully saturated rings. The van der Waals surface area contributed by atoms with Crippen molar-refractivity contribution >= 4 is 16.5 Å². The lowest BCUT2D eigenvalue weighted by Crippen LogP contribution is -2.31. The Balaban J connectivity index is 1.73. The third-order valence-corrected chi connectivity index (χ3v) is 4.55. The Kier molecular flexibility index (Phi) is 2.91. The Morgan fingerprint density at radius 3 is 2.76 bits per heavy atom. The van der Waals surface area contributed by atoms with Crippen LogP contribution in [0, 0.1) is 5.82 Å². The number of allylic oxidation sites excluding steroid dienone is 1. The first-order valence-corrected chi connectivity index (χ1v) is 7.39. The zero-order valence-corrected chi connectivity index (χ0v) is 12.1. The summed E-state index contributed by atoms with van der Waals surface area (Å²) in [6.45, 7) is 1.38. The number of hydrogen-bond acceptors (Lipinski definition) is 2. The molecule has 2 aliphatic rings. The van der Waals surface area contributed by atoms with Gasteiger partial charge in [0.15, 0.2) is 5.79 Å². The van der Waals surface area contributed by atoms with E-state index < -0.39 is 0 Å². The second kappa shape index (κ2) is 4.68. The normalized spacial score (nSPS) is 21.1. The van der Waals surface area contributed by atoms with E-state index in [-0.39, 0.29) is 11.6 Å². The van der Waals surface area contributed by atoms with Gasteiger partial charge in [0.1, 0.15) is 5.82 Å². The molecule has 0 unspecified atom stereocenters. The minimum atomic E-state index is -0.389. The van der Waals surface area contributed by atoms with E-state index in [4.69, 9.17) is 9.47 Å². The lowest BCUT2D eigenvalue weighted by Gasteiger charge is -2.30. The van der Waals surface area contributed by atoms with E-state index in [0.717, 1.165) is 30.2 Å². The SMILES string of the molecule is Cn1cc(C2=CCC3(CC2)OCCO3)c2ccc(F)cc21. The maximum absolute atomic E-state index is 13.4. The van der Waals surface area contributed by atoms with Crippen molar-refractivity contribution in [2.45, 2.75) is 25.0 Å². The van der Waals surface area contributed by atoms with Crippen molar-refractivity contribution in [1.82, 2.24) is 4.57 Å². The molecule has 1 saturated heterocycles. The van der Waals surface area contributed by atoms with Crippen LogP contribution in [0.3, 0.4) is 0 Å². The maximum Gasteiger partial charge on any atom is 0.172 e. The number of fused-ring (bicyclic) bond motifs is 1. The summed E-state index contributed by atoms with van der Waals surface area (Å²) in [5, 5.41) is 1.11. The minimum absolute atomic E-state index is 0.195. The average Bonchev–Trinajstić information content (AvgIpc) is 3.06. The maximum atomic E-state index is 13.4. The Labute approximate surface area is 123 Å². The molecule has 3 nitrogen and oxygen atoms in total. The van der Waals surface area contributed by atoms with E-state index in [1.807, 2.05) is 17.7 Å². The molecule has 4 rings (SSSR count). The van der Waals surface area contributed by atoms with Gasteiger partial charge in [-0.15, -0.1) is 0 Å². The highest BCUT2D eigenvalue weighted by Crippen LogP contribution is 2.40. The van der Waals surface area contributed by atoms with Crippen LogP contribution in [-0.4, -0.2) is 23.6 Å². The average molecular weight is 287 g/mol. The van der Waals surface area contributed by atoms with Crippen molar-refractivity contribution in [3.63, 3.8) is 0 Å². The Morgan fingerprint density at radius 2 is 2.05 bits per heavy atom. The largest absolute Gasteiger partial charge is 0.350 e. The number of halogens is 1. The summed E-state index contributed by atoms with van der Waals surface area (Å²) in [4.78, 5) is 0. The van der Waals surface area contributed by atoms with Gasteiger partial charge in [-0.2, -0.15) is 0 Å². The van der Waals surface area contributed by atoms with E-state index in [1.54, 1.807) is 6.07 Å². The molecule has 2 heterocycles. The number of aryl methyl sites for hydroxylation is 1. The second-order valence-corrected chi connectivity index (χ2v) is 5.86. The van der Waals surface area contributed by atoms with Gasteiger partial charge in [0, 0.05) is 37.0 Å². The molecular weight excluding hydrogens is 269 g/mol. The molecule has 110 valence electrons. The number of rotatable bonds is 1. The fraction of sp³-hybridized carbons (Fsp3) is 0.412. The lowest BCUT2D eigenvalue weighted by molar-refractivity contribution is -0.159. The zero-order valence-electron chi connectivity index (χ0n) is 12.1. The first-order valence-electron chi connectivity index (χ1n) is 7.39. The van der Waals surface area contributed by atoms with Gasteiger partial charge in [-0.05, 0) is 30.2 Å². The molecule has 0 atom stereocenters. The molecule has 0 radical (unpaired) electrons. The van der Waals surface area contributed by atoms with Crippen LogP contribution in [0.2, 0.25) is 0 Å². The van der Waals surface area contributed by atoms with Crippen LogP contribution in [0.5, 0.6) is 0 Å². The third kappa shape index (κ3) is 2.10. The highest BCUT2D eigenvalue weighted by Gasteiger charge is 2.37. The summed E-state index contributed by atoms with van der Waals surface area (Å²) in [6, 6.07) is 4.99. The molecule has 1 spiro atoms. The van der Waals surface area contributed by atoms with Crippen LogP contribution in [0.1, 0.15) is 24.8 Å². The van der Waals surface area contributed by atoms with Crippen LogP contribution in [-0.2, 0) is 16.5 Å². The standard InChI is InChI=1S/C17H18FNO2/c1-19-11-15(14-3-2-13(18)10-16(14)19)12-4-6-17(7-5-12)20-8-9-21-17/h2-4,10-11H,5-9H2,1H3. The van der Waals surface area contributed by atoms with E-state index in [1.165, 1.54) is 17.2 Å². The zero-order chi connectivity index (χ0) is 14.4. The van der Waals surface area contributed by atoms with Crippen LogP contribution >= 0.6 is 0 Å². The third-order valence-electron chi connectivity index (χ3n) is 4.55. The molecule has 1 aromatic carbocycles. The lowest BCUT2D eigenvalue weighted by atomic mass is 9.89. The van der Waals surface area contributed by atoms with Gasteiger partial charge in [-0.25, -0.2) is 4.39 Å². The second-order valence-electron chi connectivity index (χ2n) is 5.86. The number of benzene rings is 1. The fourth-order valence-electron chi connectivity index (χ4n) is 3.42. The van der Waals surface area contributed by atoms with Gasteiger partial charge >= 0.3 is 0 Å². The van der Waals surface area contributed by atoms with E-state index >= 15 is 0 Å². The first-order chi connectivity index (χ1) is 10.2. The highest BCUT2D eigenvalue weighted by molar-refractivity contribution is 5.93. The molecule has 0 bridgehead atoms. The molecule has 0 saturated carbocycles. The van der Waals surface area contributed by atoms with Crippen molar-refractivity contribution in [2.24, 2.45) is 7.05 Å². The van der Waals surface area contributed by atoms with Crippen molar-refractivity contribution in [2.75, 3.05) is 13.2 Å². The topological polar surface area (TPSA) is 23.4 Å². The van der Waals surface area contributed by atoms with Gasteiger partial charge in [-0.1, -0.05) is 6.08 Å². The van der Waals surface area contributed by atoms with E-state index in [9.17, 15) is 4.39 Å². The van der Waals surface area contributed by atoms with Crippen molar-refractivity contribution < 1.29 is 13.9 Å². The molecule has 1 aromatic heterocycles. The van der Waals surface area contributed by atoms with E-state index in [2.05, 4.69) is 12.3 Å². The first kappa shape index (κ1) is 13.0. The molecule has 21 heavy (non-hydrogen) atoms. The predicted octanol–water partition coefficient (Wildman–Crippen LogP) is 3.63. The monoisotopic (exact) mass is 287 g/mol. The molecule has 1 aliphatic carbocycles. The number of hydrogen-bond donors (Lipinski definition) is 0. The van der Waals surface area contributed by atoms with Gasteiger partial charge < -0.3 is 14.0 Å². The van der Waals surface area contributed by atoms with Crippen LogP contribution in [0.15, 0.2) is 30.5 Å². The smallest absolute Gasteiger partial charge is 0.172 e. The summed E-state index contributed by atoms with van der Waals surface area (Å²) in [7, 11) is 1.96. The van der Waals surface area contributed by atoms with Gasteiger partial charge in [-0.3, -0.25) is 0 Å². The van der Waals surface area contributed by atoms with E-state index in [0.29, 0.717) is 13.2 Å². The van der Waals surface area contributed by atoms with Crippen molar-refractivity contribution in [3.8, 4) is 0 Å². The quantitative estimate of drug-likeness (QED) is 0.799. The molecule has 4 heteroatoms. The highest BCUT2D eigenvalue weighted by atomic mass is 19.1. The summed E-state index contributed by atoms with van der Waals surface area (Å²) < 4.78 is 26.9. The van der Waals surface area contributed by atoms with Crippen LogP contribution in [0.4, 0.5) is 4.39 Å². The Morgan fingerprint density at radius 1 is 1.24 bits per heavy atom. The Bertz CT molecular complexity index is 726. The number of nitrogens with zero attached hydrogens (tertiary/aromatic N) is 1. The molecular formula is C17H18FNO2. The summed E-state index contributed by atoms with van der Waals surface area (Å²) >= 11 is 0. The summed E-state index contributed by atoms with van der Waals surface area (Å²) in [5.41, 5.74) is 3.43. The predicted molar refractivity (Wildman–Crippen MR) is 79.3 cm³/mol. The van der Waals surface area contributed by atoms with Crippen molar-refractivity contribution in [1.29, 1.82) is 0 Å². The van der Waals surface area contributed by atoms with Gasteiger partial charge in [0.25, 0.3) is 0 Å². The number of ether oxygens (including phenoxy) is 2. The summed E-state index contributed by atoms with van der Waals surface area (Å²) in [5.74, 6) is -0.584. The molecule has 0 N–H and O–H groups in total. The summed E-state index contributed by atoms with van der Waals surface area (Å²) in [6.07, 6.45) is 6.91. The molecule has 0 amide bonds. The van der Waals surface area contributed by atoms with Crippen molar-refractivity contribution in [3.05, 3.63) is 41.9 Å². The van der Waals surface area contributed by atoms with Crippen LogP contribution in [0.25, 0.3) is 16.5 Å². The Hall–Kier alpha value is -1.65. The molecule has 2 aromatic rings. The van der Waals surface area contributed by atoms with Gasteiger partial charge in [0.05, 0.1) is 18.7 Å². The van der Waals surface area contributed by atoms with Crippen LogP contribution < -0.4 is 0 Å². The molecule has 1 aliphatic heterocycles. The number of aromatic nitrogens is 1. The fourth-order valence-corrected chi connectivity index (χ4v) is 3.42. The van der Waals surface area contributed by atoms with Gasteiger partial charge in [0.2, 0.25) is 0 Å².